The molecule has 2 heterocycles. The number of rotatable bonds is 7. The summed E-state index contributed by atoms with van der Waals surface area (Å²) >= 11 is 0. The average molecular weight is 294 g/mol. The van der Waals surface area contributed by atoms with E-state index in [9.17, 15) is 0 Å². The van der Waals surface area contributed by atoms with Crippen molar-refractivity contribution in [2.45, 2.75) is 20.3 Å². The summed E-state index contributed by atoms with van der Waals surface area (Å²) < 4.78 is 7.30. The highest BCUT2D eigenvalue weighted by Crippen LogP contribution is 2.19. The van der Waals surface area contributed by atoms with E-state index < -0.39 is 0 Å². The van der Waals surface area contributed by atoms with Crippen LogP contribution in [-0.4, -0.2) is 72.6 Å². The quantitative estimate of drug-likeness (QED) is 0.758. The maximum absolute atomic E-state index is 5.42. The second kappa shape index (κ2) is 7.38. The molecule has 1 aromatic rings. The second-order valence-electron chi connectivity index (χ2n) is 7.06. The van der Waals surface area contributed by atoms with Crippen molar-refractivity contribution in [3.63, 3.8) is 0 Å². The van der Waals surface area contributed by atoms with Crippen molar-refractivity contribution in [2.75, 3.05) is 53.0 Å². The van der Waals surface area contributed by atoms with Gasteiger partial charge in [0.1, 0.15) is 0 Å². The molecule has 0 spiro atoms. The van der Waals surface area contributed by atoms with E-state index in [4.69, 9.17) is 4.74 Å². The first-order chi connectivity index (χ1) is 9.94. The molecule has 1 aromatic heterocycles. The van der Waals surface area contributed by atoms with Crippen molar-refractivity contribution in [2.24, 2.45) is 12.5 Å². The Morgan fingerprint density at radius 3 is 2.67 bits per heavy atom. The molecule has 2 rings (SSSR count). The third kappa shape index (κ3) is 5.77. The fourth-order valence-electron chi connectivity index (χ4n) is 3.15. The summed E-state index contributed by atoms with van der Waals surface area (Å²) in [5, 5.41) is 4.23. The maximum Gasteiger partial charge on any atom is 0.0594 e. The van der Waals surface area contributed by atoms with Crippen LogP contribution < -0.4 is 0 Å². The molecule has 5 nitrogen and oxygen atoms in total. The molecule has 0 aromatic carbocycles. The van der Waals surface area contributed by atoms with Gasteiger partial charge in [-0.05, 0) is 24.4 Å². The molecular weight excluding hydrogens is 264 g/mol. The first-order valence-corrected chi connectivity index (χ1v) is 7.91. The summed E-state index contributed by atoms with van der Waals surface area (Å²) in [4.78, 5) is 4.96. The Kier molecular flexibility index (Phi) is 5.79. The Morgan fingerprint density at radius 1 is 1.33 bits per heavy atom. The van der Waals surface area contributed by atoms with Gasteiger partial charge in [-0.1, -0.05) is 13.8 Å². The lowest BCUT2D eigenvalue weighted by molar-refractivity contribution is 0.0165. The topological polar surface area (TPSA) is 33.5 Å². The molecule has 5 heteroatoms. The van der Waals surface area contributed by atoms with Crippen LogP contribution in [0, 0.1) is 5.41 Å². The molecule has 120 valence electrons. The molecule has 1 aliphatic rings. The van der Waals surface area contributed by atoms with Gasteiger partial charge in [0.15, 0.2) is 0 Å². The number of ether oxygens (including phenoxy) is 1. The first-order valence-electron chi connectivity index (χ1n) is 7.91. The standard InChI is InChI=1S/C16H30N4O/c1-16(2,14-20-7-9-21-10-8-20)13-18(3)6-5-15-11-17-19(4)12-15/h11-12H,5-10,13-14H2,1-4H3. The van der Waals surface area contributed by atoms with E-state index in [0.29, 0.717) is 5.41 Å². The summed E-state index contributed by atoms with van der Waals surface area (Å²) in [5.41, 5.74) is 1.62. The normalized spacial score (nSPS) is 17.6. The number of morpholine rings is 1. The van der Waals surface area contributed by atoms with Crippen molar-refractivity contribution >= 4 is 0 Å². The van der Waals surface area contributed by atoms with Gasteiger partial charge in [0.2, 0.25) is 0 Å². The van der Waals surface area contributed by atoms with E-state index in [0.717, 1.165) is 52.4 Å². The predicted octanol–water partition coefficient (Wildman–Crippen LogP) is 1.25. The molecular formula is C16H30N4O. The summed E-state index contributed by atoms with van der Waals surface area (Å²) in [6.45, 7) is 12.0. The Balaban J connectivity index is 1.73. The van der Waals surface area contributed by atoms with E-state index in [1.807, 2.05) is 17.9 Å². The van der Waals surface area contributed by atoms with E-state index in [1.54, 1.807) is 0 Å². The molecule has 0 saturated carbocycles. The van der Waals surface area contributed by atoms with Gasteiger partial charge in [-0.15, -0.1) is 0 Å². The number of likely N-dealkylation sites (N-methyl/N-ethyl adjacent to an activating group) is 1. The highest BCUT2D eigenvalue weighted by molar-refractivity contribution is 5.03. The van der Waals surface area contributed by atoms with Crippen LogP contribution in [0.1, 0.15) is 19.4 Å². The van der Waals surface area contributed by atoms with Crippen molar-refractivity contribution in [3.8, 4) is 0 Å². The third-order valence-corrected chi connectivity index (χ3v) is 3.99. The third-order valence-electron chi connectivity index (χ3n) is 3.99. The summed E-state index contributed by atoms with van der Waals surface area (Å²) in [6.07, 6.45) is 5.14. The fraction of sp³-hybridized carbons (Fsp3) is 0.812. The number of aromatic nitrogens is 2. The van der Waals surface area contributed by atoms with Gasteiger partial charge in [0.25, 0.3) is 0 Å². The van der Waals surface area contributed by atoms with Crippen LogP contribution in [0.2, 0.25) is 0 Å². The van der Waals surface area contributed by atoms with Crippen LogP contribution in [0.15, 0.2) is 12.4 Å². The van der Waals surface area contributed by atoms with Crippen molar-refractivity contribution < 1.29 is 4.74 Å². The van der Waals surface area contributed by atoms with E-state index in [-0.39, 0.29) is 0 Å². The average Bonchev–Trinajstić information content (AvgIpc) is 2.82. The lowest BCUT2D eigenvalue weighted by atomic mass is 9.91. The van der Waals surface area contributed by atoms with Gasteiger partial charge < -0.3 is 9.64 Å². The lowest BCUT2D eigenvalue weighted by Gasteiger charge is -2.37. The molecule has 0 radical (unpaired) electrons. The van der Waals surface area contributed by atoms with Gasteiger partial charge >= 0.3 is 0 Å². The van der Waals surface area contributed by atoms with Gasteiger partial charge in [-0.2, -0.15) is 5.10 Å². The van der Waals surface area contributed by atoms with Crippen LogP contribution >= 0.6 is 0 Å². The Labute approximate surface area is 128 Å². The van der Waals surface area contributed by atoms with Crippen LogP contribution in [-0.2, 0) is 18.2 Å². The molecule has 0 amide bonds. The largest absolute Gasteiger partial charge is 0.379 e. The van der Waals surface area contributed by atoms with Crippen LogP contribution in [0.25, 0.3) is 0 Å². The maximum atomic E-state index is 5.42. The number of hydrogen-bond donors (Lipinski definition) is 0. The van der Waals surface area contributed by atoms with Crippen LogP contribution in [0.3, 0.4) is 0 Å². The zero-order valence-electron chi connectivity index (χ0n) is 14.0. The number of hydrogen-bond acceptors (Lipinski definition) is 4. The van der Waals surface area contributed by atoms with E-state index in [1.165, 1.54) is 5.56 Å². The zero-order valence-corrected chi connectivity index (χ0v) is 14.0. The van der Waals surface area contributed by atoms with Crippen molar-refractivity contribution in [1.29, 1.82) is 0 Å². The summed E-state index contributed by atoms with van der Waals surface area (Å²) in [7, 11) is 4.19. The van der Waals surface area contributed by atoms with Gasteiger partial charge in [0.05, 0.1) is 19.4 Å². The number of aryl methyl sites for hydroxylation is 1. The van der Waals surface area contributed by atoms with Crippen LogP contribution in [0.5, 0.6) is 0 Å². The molecule has 1 aliphatic heterocycles. The van der Waals surface area contributed by atoms with E-state index in [2.05, 4.69) is 42.0 Å². The van der Waals surface area contributed by atoms with Crippen molar-refractivity contribution in [1.82, 2.24) is 19.6 Å². The molecule has 0 N–H and O–H groups in total. The minimum absolute atomic E-state index is 0.307. The summed E-state index contributed by atoms with van der Waals surface area (Å²) in [5.74, 6) is 0. The van der Waals surface area contributed by atoms with Gasteiger partial charge in [0, 0.05) is 46.0 Å². The predicted molar refractivity (Wildman–Crippen MR) is 85.4 cm³/mol. The fourth-order valence-corrected chi connectivity index (χ4v) is 3.15. The molecule has 21 heavy (non-hydrogen) atoms. The highest BCUT2D eigenvalue weighted by Gasteiger charge is 2.24. The lowest BCUT2D eigenvalue weighted by Crippen LogP contribution is -2.45. The van der Waals surface area contributed by atoms with Gasteiger partial charge in [-0.3, -0.25) is 9.58 Å². The van der Waals surface area contributed by atoms with Crippen LogP contribution in [0.4, 0.5) is 0 Å². The first kappa shape index (κ1) is 16.5. The second-order valence-corrected chi connectivity index (χ2v) is 7.06. The Bertz CT molecular complexity index is 424. The highest BCUT2D eigenvalue weighted by atomic mass is 16.5. The minimum Gasteiger partial charge on any atom is -0.379 e. The zero-order chi connectivity index (χ0) is 15.3. The smallest absolute Gasteiger partial charge is 0.0594 e. The van der Waals surface area contributed by atoms with E-state index >= 15 is 0 Å². The molecule has 0 unspecified atom stereocenters. The molecule has 0 aliphatic carbocycles. The minimum atomic E-state index is 0.307. The SMILES string of the molecule is CN(CCc1cnn(C)c1)CC(C)(C)CN1CCOCC1. The van der Waals surface area contributed by atoms with Gasteiger partial charge in [-0.25, -0.2) is 0 Å². The number of nitrogens with zero attached hydrogens (tertiary/aromatic N) is 4. The molecule has 0 atom stereocenters. The summed E-state index contributed by atoms with van der Waals surface area (Å²) in [6, 6.07) is 0. The Hall–Kier alpha value is -0.910. The molecule has 1 fully saturated rings. The molecule has 1 saturated heterocycles. The molecule has 0 bridgehead atoms. The van der Waals surface area contributed by atoms with Crippen molar-refractivity contribution in [3.05, 3.63) is 18.0 Å². The Morgan fingerprint density at radius 2 is 2.05 bits per heavy atom. The monoisotopic (exact) mass is 294 g/mol.